The van der Waals surface area contributed by atoms with Gasteiger partial charge in [-0.15, -0.1) is 0 Å². The van der Waals surface area contributed by atoms with Gasteiger partial charge in [0, 0.05) is 13.6 Å². The molecule has 0 bridgehead atoms. The van der Waals surface area contributed by atoms with E-state index in [-0.39, 0.29) is 18.3 Å². The van der Waals surface area contributed by atoms with Crippen LogP contribution in [0.1, 0.15) is 5.56 Å². The molecule has 0 aromatic heterocycles. The Kier molecular flexibility index (Phi) is 5.17. The molecule has 2 rings (SSSR count). The van der Waals surface area contributed by atoms with E-state index < -0.39 is 0 Å². The van der Waals surface area contributed by atoms with E-state index in [1.807, 2.05) is 0 Å². The molecule has 2 aromatic rings. The lowest BCUT2D eigenvalue weighted by molar-refractivity contribution is -0.132. The highest BCUT2D eigenvalue weighted by atomic mass is 35.5. The number of carbonyl (C=O) groups excluding carboxylic acids is 1. The van der Waals surface area contributed by atoms with Crippen LogP contribution in [0.15, 0.2) is 48.5 Å². The van der Waals surface area contributed by atoms with Gasteiger partial charge >= 0.3 is 0 Å². The summed E-state index contributed by atoms with van der Waals surface area (Å²) in [4.78, 5) is 13.5. The third-order valence-electron chi connectivity index (χ3n) is 2.95. The number of ether oxygens (including phenoxy) is 1. The van der Waals surface area contributed by atoms with Crippen molar-refractivity contribution in [3.63, 3.8) is 0 Å². The predicted molar refractivity (Wildman–Crippen MR) is 79.8 cm³/mol. The Bertz CT molecular complexity index is 616. The zero-order valence-corrected chi connectivity index (χ0v) is 12.3. The number of benzene rings is 2. The minimum absolute atomic E-state index is 0.0958. The summed E-state index contributed by atoms with van der Waals surface area (Å²) in [6.07, 6.45) is 0. The van der Waals surface area contributed by atoms with Gasteiger partial charge in [0.25, 0.3) is 5.91 Å². The fourth-order valence-corrected chi connectivity index (χ4v) is 1.95. The fourth-order valence-electron chi connectivity index (χ4n) is 1.76. The molecule has 1 amide bonds. The van der Waals surface area contributed by atoms with Gasteiger partial charge in [0.15, 0.2) is 6.61 Å². The highest BCUT2D eigenvalue weighted by Gasteiger charge is 2.11. The van der Waals surface area contributed by atoms with E-state index in [4.69, 9.17) is 16.3 Å². The van der Waals surface area contributed by atoms with Gasteiger partial charge in [0.2, 0.25) is 0 Å². The zero-order valence-electron chi connectivity index (χ0n) is 11.6. The second-order valence-electron chi connectivity index (χ2n) is 4.60. The summed E-state index contributed by atoms with van der Waals surface area (Å²) in [7, 11) is 1.67. The van der Waals surface area contributed by atoms with Gasteiger partial charge in [-0.25, -0.2) is 4.39 Å². The molecule has 0 heterocycles. The van der Waals surface area contributed by atoms with Gasteiger partial charge in [-0.2, -0.15) is 0 Å². The number of para-hydroxylation sites is 1. The van der Waals surface area contributed by atoms with Gasteiger partial charge in [-0.3, -0.25) is 4.79 Å². The maximum Gasteiger partial charge on any atom is 0.260 e. The van der Waals surface area contributed by atoms with Crippen LogP contribution >= 0.6 is 11.6 Å². The predicted octanol–water partition coefficient (Wildman–Crippen LogP) is 3.52. The molecule has 0 N–H and O–H groups in total. The van der Waals surface area contributed by atoms with Crippen molar-refractivity contribution in [1.82, 2.24) is 4.90 Å². The van der Waals surface area contributed by atoms with Crippen LogP contribution in [0, 0.1) is 5.82 Å². The van der Waals surface area contributed by atoms with Crippen molar-refractivity contribution in [2.75, 3.05) is 13.7 Å². The summed E-state index contributed by atoms with van der Waals surface area (Å²) in [5, 5.41) is 0.464. The largest absolute Gasteiger partial charge is 0.482 e. The molecule has 0 saturated heterocycles. The molecular formula is C16H15ClFNO2. The quantitative estimate of drug-likeness (QED) is 0.846. The van der Waals surface area contributed by atoms with Crippen molar-refractivity contribution in [3.05, 3.63) is 64.9 Å². The number of nitrogens with zero attached hydrogens (tertiary/aromatic N) is 1. The van der Waals surface area contributed by atoms with Crippen LogP contribution in [-0.2, 0) is 11.3 Å². The first kappa shape index (κ1) is 15.3. The van der Waals surface area contributed by atoms with Gasteiger partial charge < -0.3 is 9.64 Å². The lowest BCUT2D eigenvalue weighted by Crippen LogP contribution is -2.31. The molecule has 0 fully saturated rings. The minimum atomic E-state index is -0.296. The van der Waals surface area contributed by atoms with Crippen molar-refractivity contribution in [3.8, 4) is 5.75 Å². The van der Waals surface area contributed by atoms with Crippen LogP contribution in [0.2, 0.25) is 5.02 Å². The number of carbonyl (C=O) groups is 1. The van der Waals surface area contributed by atoms with E-state index in [0.717, 1.165) is 5.56 Å². The molecule has 0 unspecified atom stereocenters. The van der Waals surface area contributed by atoms with E-state index in [0.29, 0.717) is 17.3 Å². The smallest absolute Gasteiger partial charge is 0.260 e. The second-order valence-corrected chi connectivity index (χ2v) is 5.00. The van der Waals surface area contributed by atoms with E-state index in [9.17, 15) is 9.18 Å². The summed E-state index contributed by atoms with van der Waals surface area (Å²) in [5.74, 6) is -0.00303. The monoisotopic (exact) mass is 307 g/mol. The summed E-state index contributed by atoms with van der Waals surface area (Å²) in [5.41, 5.74) is 0.852. The summed E-state index contributed by atoms with van der Waals surface area (Å²) >= 11 is 5.95. The van der Waals surface area contributed by atoms with Crippen LogP contribution < -0.4 is 4.74 Å². The fraction of sp³-hybridized carbons (Fsp3) is 0.188. The van der Waals surface area contributed by atoms with Crippen molar-refractivity contribution in [2.24, 2.45) is 0 Å². The minimum Gasteiger partial charge on any atom is -0.482 e. The van der Waals surface area contributed by atoms with Crippen molar-refractivity contribution >= 4 is 17.5 Å². The lowest BCUT2D eigenvalue weighted by atomic mass is 10.2. The molecule has 21 heavy (non-hydrogen) atoms. The Hall–Kier alpha value is -2.07. The molecule has 110 valence electrons. The lowest BCUT2D eigenvalue weighted by Gasteiger charge is -2.17. The number of amides is 1. The number of halogens is 2. The van der Waals surface area contributed by atoms with Gasteiger partial charge in [-0.1, -0.05) is 35.9 Å². The number of likely N-dealkylation sites (N-methyl/N-ethyl adjacent to an activating group) is 1. The van der Waals surface area contributed by atoms with Gasteiger partial charge in [0.05, 0.1) is 5.02 Å². The summed E-state index contributed by atoms with van der Waals surface area (Å²) in [6.45, 7) is 0.298. The third-order valence-corrected chi connectivity index (χ3v) is 3.26. The van der Waals surface area contributed by atoms with Crippen molar-refractivity contribution < 1.29 is 13.9 Å². The van der Waals surface area contributed by atoms with Crippen LogP contribution in [0.4, 0.5) is 4.39 Å². The van der Waals surface area contributed by atoms with Crippen molar-refractivity contribution in [1.29, 1.82) is 0 Å². The molecular weight excluding hydrogens is 293 g/mol. The number of rotatable bonds is 5. The third kappa shape index (κ3) is 4.46. The Balaban J connectivity index is 1.88. The molecule has 0 atom stereocenters. The SMILES string of the molecule is CN(Cc1ccc(F)cc1)C(=O)COc1ccccc1Cl. The van der Waals surface area contributed by atoms with E-state index in [1.54, 1.807) is 43.4 Å². The molecule has 0 spiro atoms. The molecule has 5 heteroatoms. The first-order valence-electron chi connectivity index (χ1n) is 6.42. The molecule has 0 saturated carbocycles. The van der Waals surface area contributed by atoms with E-state index in [2.05, 4.69) is 0 Å². The van der Waals surface area contributed by atoms with Gasteiger partial charge in [-0.05, 0) is 29.8 Å². The molecule has 2 aromatic carbocycles. The van der Waals surface area contributed by atoms with Crippen LogP contribution in [0.25, 0.3) is 0 Å². The van der Waals surface area contributed by atoms with Crippen molar-refractivity contribution in [2.45, 2.75) is 6.54 Å². The summed E-state index contributed by atoms with van der Waals surface area (Å²) in [6, 6.07) is 13.0. The Morgan fingerprint density at radius 2 is 1.86 bits per heavy atom. The normalized spacial score (nSPS) is 10.2. The highest BCUT2D eigenvalue weighted by Crippen LogP contribution is 2.23. The average molecular weight is 308 g/mol. The molecule has 0 aliphatic heterocycles. The van der Waals surface area contributed by atoms with E-state index >= 15 is 0 Å². The average Bonchev–Trinajstić information content (AvgIpc) is 2.48. The first-order valence-corrected chi connectivity index (χ1v) is 6.80. The number of hydrogen-bond donors (Lipinski definition) is 0. The maximum atomic E-state index is 12.8. The highest BCUT2D eigenvalue weighted by molar-refractivity contribution is 6.32. The molecule has 0 aliphatic rings. The number of hydrogen-bond acceptors (Lipinski definition) is 2. The Labute approximate surface area is 127 Å². The zero-order chi connectivity index (χ0) is 15.2. The first-order chi connectivity index (χ1) is 10.1. The molecule has 3 nitrogen and oxygen atoms in total. The van der Waals surface area contributed by atoms with Crippen LogP contribution in [0.3, 0.4) is 0 Å². The Morgan fingerprint density at radius 3 is 2.52 bits per heavy atom. The van der Waals surface area contributed by atoms with Gasteiger partial charge in [0.1, 0.15) is 11.6 Å². The summed E-state index contributed by atoms with van der Waals surface area (Å²) < 4.78 is 18.2. The van der Waals surface area contributed by atoms with Crippen LogP contribution in [-0.4, -0.2) is 24.5 Å². The van der Waals surface area contributed by atoms with E-state index in [1.165, 1.54) is 17.0 Å². The topological polar surface area (TPSA) is 29.5 Å². The molecule has 0 radical (unpaired) electrons. The Morgan fingerprint density at radius 1 is 1.19 bits per heavy atom. The maximum absolute atomic E-state index is 12.8. The van der Waals surface area contributed by atoms with Crippen LogP contribution in [0.5, 0.6) is 5.75 Å². The molecule has 0 aliphatic carbocycles. The standard InChI is InChI=1S/C16H15ClFNO2/c1-19(10-12-6-8-13(18)9-7-12)16(20)11-21-15-5-3-2-4-14(15)17/h2-9H,10-11H2,1H3. The second kappa shape index (κ2) is 7.09.